The minimum absolute atomic E-state index is 0.219. The van der Waals surface area contributed by atoms with E-state index in [0.29, 0.717) is 32.8 Å². The highest BCUT2D eigenvalue weighted by Crippen LogP contribution is 2.37. The van der Waals surface area contributed by atoms with E-state index < -0.39 is 13.9 Å². The second kappa shape index (κ2) is 10.7. The maximum atomic E-state index is 11.2. The molecule has 176 valence electrons. The van der Waals surface area contributed by atoms with Crippen molar-refractivity contribution in [2.75, 3.05) is 11.9 Å². The van der Waals surface area contributed by atoms with E-state index in [1.54, 1.807) is 36.7 Å². The minimum Gasteiger partial charge on any atom is -0.375 e. The van der Waals surface area contributed by atoms with Crippen LogP contribution in [-0.2, 0) is 9.09 Å². The molecule has 0 saturated heterocycles. The smallest absolute Gasteiger partial charge is 0.375 e. The molecule has 0 radical (unpaired) electrons. The Labute approximate surface area is 202 Å². The van der Waals surface area contributed by atoms with Crippen molar-refractivity contribution in [3.8, 4) is 11.1 Å². The first kappa shape index (κ1) is 25.3. The minimum atomic E-state index is -4.66. The summed E-state index contributed by atoms with van der Waals surface area (Å²) in [6.45, 7) is 7.81. The van der Waals surface area contributed by atoms with E-state index in [1.165, 1.54) is 0 Å². The number of hydrogen-bond acceptors (Lipinski definition) is 5. The number of nitrogens with zero attached hydrogens (tertiary/aromatic N) is 1. The van der Waals surface area contributed by atoms with E-state index in [1.807, 2.05) is 26.0 Å². The lowest BCUT2D eigenvalue weighted by Gasteiger charge is -2.22. The number of pyridine rings is 1. The Balaban J connectivity index is 1.82. The average molecular weight is 511 g/mol. The predicted molar refractivity (Wildman–Crippen MR) is 132 cm³/mol. The molecular formula is C22H25Cl2N4O4P. The van der Waals surface area contributed by atoms with Gasteiger partial charge in [-0.15, -0.1) is 0 Å². The number of anilines is 1. The highest BCUT2D eigenvalue weighted by Gasteiger charge is 2.21. The molecule has 0 spiro atoms. The third-order valence-corrected chi connectivity index (χ3v) is 5.64. The molecule has 0 aliphatic carbocycles. The van der Waals surface area contributed by atoms with Gasteiger partial charge in [-0.2, -0.15) is 0 Å². The molecule has 5 N–H and O–H groups in total. The van der Waals surface area contributed by atoms with Crippen molar-refractivity contribution < 1.29 is 18.9 Å². The Bertz CT molecular complexity index is 1180. The summed E-state index contributed by atoms with van der Waals surface area (Å²) >= 11 is 12.5. The molecular weight excluding hydrogens is 486 g/mol. The van der Waals surface area contributed by atoms with Gasteiger partial charge < -0.3 is 25.4 Å². The van der Waals surface area contributed by atoms with E-state index in [-0.39, 0.29) is 12.6 Å². The highest BCUT2D eigenvalue weighted by atomic mass is 35.5. The van der Waals surface area contributed by atoms with Gasteiger partial charge in [0.2, 0.25) is 0 Å². The third-order valence-electron chi connectivity index (χ3n) is 4.62. The number of rotatable bonds is 10. The van der Waals surface area contributed by atoms with Gasteiger partial charge in [-0.05, 0) is 43.7 Å². The van der Waals surface area contributed by atoms with Crippen LogP contribution >= 0.6 is 31.0 Å². The van der Waals surface area contributed by atoms with Crippen LogP contribution in [0.3, 0.4) is 0 Å². The van der Waals surface area contributed by atoms with Gasteiger partial charge in [-0.1, -0.05) is 41.9 Å². The van der Waals surface area contributed by atoms with Crippen LogP contribution in [0.2, 0.25) is 10.0 Å². The van der Waals surface area contributed by atoms with Crippen molar-refractivity contribution in [1.82, 2.24) is 15.3 Å². The molecule has 11 heteroatoms. The molecule has 8 nitrogen and oxygen atoms in total. The number of hydrogen-bond donors (Lipinski definition) is 5. The Hall–Kier alpha value is -2.32. The van der Waals surface area contributed by atoms with Crippen LogP contribution in [0.25, 0.3) is 16.8 Å². The van der Waals surface area contributed by atoms with Crippen LogP contribution in [0, 0.1) is 0 Å². The average Bonchev–Trinajstić information content (AvgIpc) is 3.21. The summed E-state index contributed by atoms with van der Waals surface area (Å²) in [6.07, 6.45) is 3.39. The van der Waals surface area contributed by atoms with Crippen LogP contribution in [0.4, 0.5) is 5.82 Å². The molecule has 2 heterocycles. The molecule has 3 aromatic rings. The first-order chi connectivity index (χ1) is 15.5. The molecule has 0 bridgehead atoms. The number of aromatic amines is 1. The van der Waals surface area contributed by atoms with Gasteiger partial charge in [0.15, 0.2) is 0 Å². The summed E-state index contributed by atoms with van der Waals surface area (Å²) in [5.74, 6) is 0.708. The second-order valence-electron chi connectivity index (χ2n) is 7.67. The van der Waals surface area contributed by atoms with Crippen molar-refractivity contribution in [2.24, 2.45) is 0 Å². The third kappa shape index (κ3) is 7.33. The van der Waals surface area contributed by atoms with Gasteiger partial charge in [-0.3, -0.25) is 4.52 Å². The maximum absolute atomic E-state index is 11.2. The summed E-state index contributed by atoms with van der Waals surface area (Å²) in [4.78, 5) is 25.7. The van der Waals surface area contributed by atoms with Gasteiger partial charge >= 0.3 is 7.82 Å². The largest absolute Gasteiger partial charge is 0.469 e. The van der Waals surface area contributed by atoms with Crippen molar-refractivity contribution in [3.05, 3.63) is 76.7 Å². The molecule has 0 fully saturated rings. The summed E-state index contributed by atoms with van der Waals surface area (Å²) in [6, 6.07) is 10.3. The molecule has 0 saturated carbocycles. The van der Waals surface area contributed by atoms with Crippen LogP contribution in [-0.4, -0.2) is 32.4 Å². The first-order valence-electron chi connectivity index (χ1n) is 10.0. The van der Waals surface area contributed by atoms with Gasteiger partial charge in [-0.25, -0.2) is 9.55 Å². The van der Waals surface area contributed by atoms with Gasteiger partial charge in [0.25, 0.3) is 0 Å². The van der Waals surface area contributed by atoms with Crippen molar-refractivity contribution in [1.29, 1.82) is 0 Å². The van der Waals surface area contributed by atoms with Gasteiger partial charge in [0.05, 0.1) is 29.1 Å². The van der Waals surface area contributed by atoms with E-state index >= 15 is 0 Å². The number of benzene rings is 1. The Morgan fingerprint density at radius 2 is 2.03 bits per heavy atom. The summed E-state index contributed by atoms with van der Waals surface area (Å²) in [5.41, 5.74) is 3.47. The number of H-pyrrole nitrogens is 1. The Morgan fingerprint density at radius 1 is 1.27 bits per heavy atom. The van der Waals surface area contributed by atoms with Gasteiger partial charge in [0.1, 0.15) is 5.82 Å². The SMILES string of the molecule is C=C(N[C@H](COP(=O)(O)O)c1cccc(Cl)c1)c1cc(-c2cc(NC(C)C)ncc2Cl)c[nH]1. The van der Waals surface area contributed by atoms with Crippen LogP contribution in [0.5, 0.6) is 0 Å². The van der Waals surface area contributed by atoms with Crippen molar-refractivity contribution in [2.45, 2.75) is 25.9 Å². The van der Waals surface area contributed by atoms with Gasteiger partial charge in [0, 0.05) is 34.6 Å². The zero-order valence-corrected chi connectivity index (χ0v) is 20.5. The van der Waals surface area contributed by atoms with E-state index in [0.717, 1.165) is 11.1 Å². The van der Waals surface area contributed by atoms with Crippen LogP contribution < -0.4 is 10.6 Å². The molecule has 1 atom stereocenters. The summed E-state index contributed by atoms with van der Waals surface area (Å²) in [5, 5.41) is 7.39. The highest BCUT2D eigenvalue weighted by molar-refractivity contribution is 7.46. The molecule has 0 aliphatic rings. The molecule has 33 heavy (non-hydrogen) atoms. The van der Waals surface area contributed by atoms with Crippen LogP contribution in [0.1, 0.15) is 31.1 Å². The van der Waals surface area contributed by atoms with Crippen molar-refractivity contribution >= 4 is 42.5 Å². The molecule has 0 unspecified atom stereocenters. The number of aromatic nitrogens is 2. The zero-order valence-electron chi connectivity index (χ0n) is 18.0. The van der Waals surface area contributed by atoms with E-state index in [4.69, 9.17) is 37.5 Å². The fourth-order valence-corrected chi connectivity index (χ4v) is 3.92. The first-order valence-corrected chi connectivity index (χ1v) is 12.3. The fraction of sp³-hybridized carbons (Fsp3) is 0.227. The lowest BCUT2D eigenvalue weighted by Crippen LogP contribution is -2.24. The molecule has 0 aliphatic heterocycles. The Morgan fingerprint density at radius 3 is 2.70 bits per heavy atom. The standard InChI is InChI=1S/C22H25Cl2N4O4P/c1-13(2)27-22-9-18(19(24)11-26-22)16-8-20(25-10-16)14(3)28-21(12-32-33(29,30)31)15-5-4-6-17(23)7-15/h4-11,13,21,25,28H,3,12H2,1-2H3,(H,26,27)(H2,29,30,31)/t21-/m1/s1. The maximum Gasteiger partial charge on any atom is 0.469 e. The topological polar surface area (TPSA) is 120 Å². The number of nitrogens with one attached hydrogen (secondary N) is 3. The van der Waals surface area contributed by atoms with Crippen molar-refractivity contribution in [3.63, 3.8) is 0 Å². The monoisotopic (exact) mass is 510 g/mol. The normalized spacial score (nSPS) is 12.6. The zero-order chi connectivity index (χ0) is 24.2. The molecule has 3 rings (SSSR count). The fourth-order valence-electron chi connectivity index (χ4n) is 3.16. The predicted octanol–water partition coefficient (Wildman–Crippen LogP) is 5.61. The molecule has 0 amide bonds. The molecule has 2 aromatic heterocycles. The number of phosphoric acid groups is 1. The molecule has 1 aromatic carbocycles. The van der Waals surface area contributed by atoms with Crippen LogP contribution in [0.15, 0.2) is 55.4 Å². The quantitative estimate of drug-likeness (QED) is 0.224. The van der Waals surface area contributed by atoms with E-state index in [9.17, 15) is 4.57 Å². The summed E-state index contributed by atoms with van der Waals surface area (Å²) in [7, 11) is -4.66. The number of halogens is 2. The summed E-state index contributed by atoms with van der Waals surface area (Å²) < 4.78 is 16.0. The Kier molecular flexibility index (Phi) is 8.23. The second-order valence-corrected chi connectivity index (χ2v) is 9.75. The lowest BCUT2D eigenvalue weighted by atomic mass is 10.1. The van der Waals surface area contributed by atoms with E-state index in [2.05, 4.69) is 27.2 Å². The lowest BCUT2D eigenvalue weighted by molar-refractivity contribution is 0.181. The number of phosphoric ester groups is 1.